The summed E-state index contributed by atoms with van der Waals surface area (Å²) in [6.45, 7) is 3.04. The molecule has 0 aliphatic rings. The molecule has 0 aliphatic heterocycles. The standard InChI is InChI=1S/C19H19N7O8/c1-3-33-18(29)14-16(21-10-20-14)24-23-13(15(27)19(30)34-4-2)17(28)25-22-9-11-6-5-7-12(8-11)26(31)32/h5-10,27H,3-4H2,1-2H3,(H,20,21)(H,25,28)/b15-13-,22-9?,24-23?. The molecule has 0 saturated heterocycles. The van der Waals surface area contributed by atoms with Gasteiger partial charge in [-0.1, -0.05) is 12.1 Å². The third-order valence-electron chi connectivity index (χ3n) is 3.71. The molecule has 0 aliphatic carbocycles. The Morgan fingerprint density at radius 2 is 2.00 bits per heavy atom. The molecule has 0 unspecified atom stereocenters. The van der Waals surface area contributed by atoms with Crippen LogP contribution in [-0.4, -0.2) is 57.3 Å². The van der Waals surface area contributed by atoms with Gasteiger partial charge in [0.25, 0.3) is 11.6 Å². The second-order valence-electron chi connectivity index (χ2n) is 5.99. The number of aromatic amines is 1. The van der Waals surface area contributed by atoms with Crippen molar-refractivity contribution in [2.24, 2.45) is 15.3 Å². The van der Waals surface area contributed by atoms with E-state index in [-0.39, 0.29) is 36.0 Å². The third-order valence-corrected chi connectivity index (χ3v) is 3.71. The molecule has 1 amide bonds. The number of nitro groups is 1. The minimum atomic E-state index is -1.26. The second-order valence-corrected chi connectivity index (χ2v) is 5.99. The quantitative estimate of drug-likeness (QED) is 0.0875. The number of hydrazone groups is 1. The van der Waals surface area contributed by atoms with Crippen LogP contribution in [-0.2, 0) is 19.1 Å². The highest BCUT2D eigenvalue weighted by Gasteiger charge is 2.23. The Bertz CT molecular complexity index is 1170. The van der Waals surface area contributed by atoms with Crippen LogP contribution in [0.5, 0.6) is 0 Å². The Morgan fingerprint density at radius 1 is 1.26 bits per heavy atom. The van der Waals surface area contributed by atoms with E-state index in [1.165, 1.54) is 31.2 Å². The number of non-ortho nitro benzene ring substituents is 1. The van der Waals surface area contributed by atoms with Gasteiger partial charge < -0.3 is 19.6 Å². The average Bonchev–Trinajstić information content (AvgIpc) is 3.28. The molecule has 0 fully saturated rings. The van der Waals surface area contributed by atoms with Crippen molar-refractivity contribution in [1.29, 1.82) is 0 Å². The number of H-pyrrole nitrogens is 1. The summed E-state index contributed by atoms with van der Waals surface area (Å²) in [5.74, 6) is -4.69. The number of esters is 2. The monoisotopic (exact) mass is 473 g/mol. The van der Waals surface area contributed by atoms with Crippen LogP contribution < -0.4 is 5.43 Å². The molecule has 1 aromatic heterocycles. The molecule has 178 valence electrons. The average molecular weight is 473 g/mol. The number of nitro benzene ring substituents is 1. The summed E-state index contributed by atoms with van der Waals surface area (Å²) in [5.41, 5.74) is 1.03. The van der Waals surface area contributed by atoms with Gasteiger partial charge in [0.2, 0.25) is 17.3 Å². The SMILES string of the molecule is CCOC(=O)/C(O)=C(/N=Nc1nc[nH]c1C(=O)OCC)C(=O)NN=Cc1cccc([N+](=O)[O-])c1. The van der Waals surface area contributed by atoms with E-state index >= 15 is 0 Å². The fourth-order valence-corrected chi connectivity index (χ4v) is 2.25. The Balaban J connectivity index is 2.29. The van der Waals surface area contributed by atoms with Crippen LogP contribution in [0.1, 0.15) is 29.9 Å². The zero-order valence-corrected chi connectivity index (χ0v) is 17.9. The van der Waals surface area contributed by atoms with E-state index in [0.29, 0.717) is 0 Å². The predicted octanol–water partition coefficient (Wildman–Crippen LogP) is 2.06. The van der Waals surface area contributed by atoms with E-state index in [9.17, 15) is 29.6 Å². The fourth-order valence-electron chi connectivity index (χ4n) is 2.25. The maximum Gasteiger partial charge on any atom is 0.376 e. The highest BCUT2D eigenvalue weighted by molar-refractivity contribution is 6.01. The number of ether oxygens (including phenoxy) is 2. The Morgan fingerprint density at radius 3 is 2.68 bits per heavy atom. The number of rotatable bonds is 10. The van der Waals surface area contributed by atoms with Crippen molar-refractivity contribution in [1.82, 2.24) is 15.4 Å². The van der Waals surface area contributed by atoms with Gasteiger partial charge in [0.15, 0.2) is 5.69 Å². The zero-order chi connectivity index (χ0) is 25.1. The summed E-state index contributed by atoms with van der Waals surface area (Å²) >= 11 is 0. The number of nitrogens with one attached hydrogen (secondary N) is 2. The molecule has 0 bridgehead atoms. The van der Waals surface area contributed by atoms with Crippen molar-refractivity contribution in [3.05, 3.63) is 63.4 Å². The molecule has 3 N–H and O–H groups in total. The Labute approximate surface area is 191 Å². The van der Waals surface area contributed by atoms with Crippen molar-refractivity contribution in [2.75, 3.05) is 13.2 Å². The maximum atomic E-state index is 12.5. The lowest BCUT2D eigenvalue weighted by Crippen LogP contribution is -2.22. The normalized spacial score (nSPS) is 11.8. The van der Waals surface area contributed by atoms with Gasteiger partial charge in [-0.05, 0) is 13.8 Å². The van der Waals surface area contributed by atoms with Gasteiger partial charge in [-0.15, -0.1) is 10.2 Å². The molecule has 15 nitrogen and oxygen atoms in total. The second kappa shape index (κ2) is 12.2. The summed E-state index contributed by atoms with van der Waals surface area (Å²) in [7, 11) is 0. The molecule has 1 aromatic carbocycles. The largest absolute Gasteiger partial charge is 0.500 e. The number of benzene rings is 1. The number of imidazole rings is 1. The number of amides is 1. The molecular weight excluding hydrogens is 454 g/mol. The maximum absolute atomic E-state index is 12.5. The number of aliphatic hydroxyl groups is 1. The summed E-state index contributed by atoms with van der Waals surface area (Å²) in [4.78, 5) is 52.8. The van der Waals surface area contributed by atoms with E-state index in [0.717, 1.165) is 12.5 Å². The van der Waals surface area contributed by atoms with E-state index in [1.54, 1.807) is 6.92 Å². The van der Waals surface area contributed by atoms with Crippen LogP contribution >= 0.6 is 0 Å². The van der Waals surface area contributed by atoms with E-state index < -0.39 is 34.2 Å². The Hall–Kier alpha value is -4.95. The number of aliphatic hydroxyl groups excluding tert-OH is 1. The number of hydrogen-bond donors (Lipinski definition) is 3. The number of carbonyl (C=O) groups is 3. The molecule has 15 heteroatoms. The molecule has 2 rings (SSSR count). The van der Waals surface area contributed by atoms with Gasteiger partial charge in [-0.2, -0.15) is 5.10 Å². The van der Waals surface area contributed by atoms with E-state index in [1.807, 2.05) is 5.43 Å². The van der Waals surface area contributed by atoms with Gasteiger partial charge in [-0.3, -0.25) is 14.9 Å². The topological polar surface area (TPSA) is 211 Å². The molecule has 0 saturated carbocycles. The highest BCUT2D eigenvalue weighted by atomic mass is 16.6. The van der Waals surface area contributed by atoms with Crippen molar-refractivity contribution in [3.8, 4) is 0 Å². The first-order chi connectivity index (χ1) is 16.3. The summed E-state index contributed by atoms with van der Waals surface area (Å²) in [6.07, 6.45) is 2.21. The van der Waals surface area contributed by atoms with Gasteiger partial charge in [-0.25, -0.2) is 20.0 Å². The van der Waals surface area contributed by atoms with Gasteiger partial charge in [0, 0.05) is 17.7 Å². The predicted molar refractivity (Wildman–Crippen MR) is 114 cm³/mol. The van der Waals surface area contributed by atoms with Crippen LogP contribution in [0.25, 0.3) is 0 Å². The fraction of sp³-hybridized carbons (Fsp3) is 0.211. The van der Waals surface area contributed by atoms with E-state index in [4.69, 9.17) is 4.74 Å². The molecule has 0 radical (unpaired) electrons. The molecule has 0 atom stereocenters. The van der Waals surface area contributed by atoms with Crippen LogP contribution in [0.15, 0.2) is 57.4 Å². The number of hydrogen-bond acceptors (Lipinski definition) is 12. The minimum Gasteiger partial charge on any atom is -0.500 e. The Kier molecular flexibility index (Phi) is 9.07. The number of azo groups is 1. The lowest BCUT2D eigenvalue weighted by atomic mass is 10.2. The zero-order valence-electron chi connectivity index (χ0n) is 17.9. The summed E-state index contributed by atoms with van der Waals surface area (Å²) in [5, 5.41) is 31.7. The van der Waals surface area contributed by atoms with Crippen molar-refractivity contribution < 1.29 is 33.9 Å². The lowest BCUT2D eigenvalue weighted by molar-refractivity contribution is -0.384. The van der Waals surface area contributed by atoms with E-state index in [2.05, 4.69) is 30.0 Å². The first kappa shape index (κ1) is 25.3. The molecule has 1 heterocycles. The van der Waals surface area contributed by atoms with Gasteiger partial charge in [0.1, 0.15) is 0 Å². The van der Waals surface area contributed by atoms with Crippen molar-refractivity contribution in [2.45, 2.75) is 13.8 Å². The smallest absolute Gasteiger partial charge is 0.376 e. The first-order valence-corrected chi connectivity index (χ1v) is 9.58. The number of carbonyl (C=O) groups excluding carboxylic acids is 3. The third kappa shape index (κ3) is 6.78. The van der Waals surface area contributed by atoms with Crippen LogP contribution in [0.4, 0.5) is 11.5 Å². The van der Waals surface area contributed by atoms with Crippen molar-refractivity contribution >= 4 is 35.6 Å². The molecule has 34 heavy (non-hydrogen) atoms. The lowest BCUT2D eigenvalue weighted by Gasteiger charge is -2.04. The van der Waals surface area contributed by atoms with Gasteiger partial charge >= 0.3 is 11.9 Å². The number of nitrogens with zero attached hydrogens (tertiary/aromatic N) is 5. The minimum absolute atomic E-state index is 0.0776. The van der Waals surface area contributed by atoms with Crippen LogP contribution in [0.3, 0.4) is 0 Å². The summed E-state index contributed by atoms with van der Waals surface area (Å²) in [6, 6.07) is 5.38. The molecule has 2 aromatic rings. The number of aromatic nitrogens is 2. The summed E-state index contributed by atoms with van der Waals surface area (Å²) < 4.78 is 9.48. The van der Waals surface area contributed by atoms with Crippen LogP contribution in [0, 0.1) is 10.1 Å². The van der Waals surface area contributed by atoms with Crippen LogP contribution in [0.2, 0.25) is 0 Å². The highest BCUT2D eigenvalue weighted by Crippen LogP contribution is 2.18. The molecule has 0 spiro atoms. The van der Waals surface area contributed by atoms with Crippen molar-refractivity contribution in [3.63, 3.8) is 0 Å². The first-order valence-electron chi connectivity index (χ1n) is 9.58. The van der Waals surface area contributed by atoms with Gasteiger partial charge in [0.05, 0.1) is 30.7 Å². The molecular formula is C19H19N7O8.